The molecule has 0 radical (unpaired) electrons. The number of carbonyl (C=O) groups excluding carboxylic acids is 1. The van der Waals surface area contributed by atoms with Gasteiger partial charge in [0.2, 0.25) is 5.91 Å². The molecule has 0 aromatic carbocycles. The molecule has 2 unspecified atom stereocenters. The zero-order valence-corrected chi connectivity index (χ0v) is 11.0. The van der Waals surface area contributed by atoms with Gasteiger partial charge >= 0.3 is 0 Å². The van der Waals surface area contributed by atoms with E-state index in [4.69, 9.17) is 0 Å². The Bertz CT molecular complexity index is 261. The molecule has 0 aliphatic carbocycles. The second-order valence-electron chi connectivity index (χ2n) is 5.66. The molecule has 98 valence electrons. The molecule has 4 heteroatoms. The van der Waals surface area contributed by atoms with E-state index in [1.54, 1.807) is 0 Å². The van der Waals surface area contributed by atoms with Crippen LogP contribution in [0.5, 0.6) is 0 Å². The van der Waals surface area contributed by atoms with Crippen LogP contribution < -0.4 is 10.6 Å². The smallest absolute Gasteiger partial charge is 0.223 e. The average Bonchev–Trinajstić information content (AvgIpc) is 2.33. The lowest BCUT2D eigenvalue weighted by molar-refractivity contribution is -0.127. The molecule has 2 heterocycles. The van der Waals surface area contributed by atoms with E-state index < -0.39 is 0 Å². The Balaban J connectivity index is 1.79. The van der Waals surface area contributed by atoms with Gasteiger partial charge in [-0.15, -0.1) is 0 Å². The Morgan fingerprint density at radius 3 is 2.65 bits per heavy atom. The van der Waals surface area contributed by atoms with Crippen LogP contribution in [0.4, 0.5) is 0 Å². The standard InChI is InChI=1S/C13H25N3O/c1-10-3-6-14-9-12(10)15-13(17)11-4-7-16(2)8-5-11/h10-12,14H,3-9H2,1-2H3,(H,15,17). The Hall–Kier alpha value is -0.610. The number of likely N-dealkylation sites (tertiary alicyclic amines) is 1. The molecule has 2 rings (SSSR count). The van der Waals surface area contributed by atoms with Gasteiger partial charge in [0.05, 0.1) is 0 Å². The Morgan fingerprint density at radius 1 is 1.29 bits per heavy atom. The molecule has 2 atom stereocenters. The maximum absolute atomic E-state index is 12.2. The van der Waals surface area contributed by atoms with Crippen molar-refractivity contribution in [3.8, 4) is 0 Å². The molecule has 2 aliphatic rings. The van der Waals surface area contributed by atoms with Gasteiger partial charge in [-0.05, 0) is 51.9 Å². The number of carbonyl (C=O) groups is 1. The minimum atomic E-state index is 0.236. The van der Waals surface area contributed by atoms with Gasteiger partial charge < -0.3 is 15.5 Å². The number of nitrogens with one attached hydrogen (secondary N) is 2. The minimum Gasteiger partial charge on any atom is -0.352 e. The van der Waals surface area contributed by atoms with Crippen LogP contribution in [0, 0.1) is 11.8 Å². The highest BCUT2D eigenvalue weighted by Gasteiger charge is 2.28. The Labute approximate surface area is 104 Å². The normalized spacial score (nSPS) is 32.4. The summed E-state index contributed by atoms with van der Waals surface area (Å²) in [7, 11) is 2.13. The number of rotatable bonds is 2. The molecule has 2 N–H and O–H groups in total. The van der Waals surface area contributed by atoms with Crippen molar-refractivity contribution >= 4 is 5.91 Å². The molecule has 0 spiro atoms. The van der Waals surface area contributed by atoms with E-state index in [2.05, 4.69) is 29.5 Å². The zero-order valence-electron chi connectivity index (χ0n) is 11.0. The van der Waals surface area contributed by atoms with Gasteiger partial charge in [0, 0.05) is 18.5 Å². The van der Waals surface area contributed by atoms with E-state index in [1.807, 2.05) is 0 Å². The van der Waals surface area contributed by atoms with Crippen LogP contribution in [-0.4, -0.2) is 50.1 Å². The highest BCUT2D eigenvalue weighted by Crippen LogP contribution is 2.18. The predicted molar refractivity (Wildman–Crippen MR) is 68.8 cm³/mol. The van der Waals surface area contributed by atoms with Crippen LogP contribution in [0.25, 0.3) is 0 Å². The maximum atomic E-state index is 12.2. The first-order chi connectivity index (χ1) is 8.16. The summed E-state index contributed by atoms with van der Waals surface area (Å²) in [6.07, 6.45) is 3.19. The van der Waals surface area contributed by atoms with Gasteiger partial charge in [-0.3, -0.25) is 4.79 Å². The van der Waals surface area contributed by atoms with Gasteiger partial charge in [-0.1, -0.05) is 6.92 Å². The van der Waals surface area contributed by atoms with Gasteiger partial charge in [-0.25, -0.2) is 0 Å². The number of hydrogen-bond acceptors (Lipinski definition) is 3. The molecular weight excluding hydrogens is 214 g/mol. The largest absolute Gasteiger partial charge is 0.352 e. The van der Waals surface area contributed by atoms with Crippen LogP contribution in [0.15, 0.2) is 0 Å². The molecule has 17 heavy (non-hydrogen) atoms. The van der Waals surface area contributed by atoms with Gasteiger partial charge in [-0.2, -0.15) is 0 Å². The zero-order chi connectivity index (χ0) is 12.3. The van der Waals surface area contributed by atoms with Gasteiger partial charge in [0.15, 0.2) is 0 Å². The van der Waals surface area contributed by atoms with Crippen molar-refractivity contribution in [2.24, 2.45) is 11.8 Å². The highest BCUT2D eigenvalue weighted by atomic mass is 16.2. The van der Waals surface area contributed by atoms with Gasteiger partial charge in [0.25, 0.3) is 0 Å². The lowest BCUT2D eigenvalue weighted by atomic mass is 9.92. The summed E-state index contributed by atoms with van der Waals surface area (Å²) in [5, 5.41) is 6.59. The molecule has 4 nitrogen and oxygen atoms in total. The SMILES string of the molecule is CC1CCNCC1NC(=O)C1CCN(C)CC1. The third-order valence-corrected chi connectivity index (χ3v) is 4.24. The Kier molecular flexibility index (Phi) is 4.40. The molecule has 0 bridgehead atoms. The van der Waals surface area contributed by atoms with Crippen LogP contribution in [0.1, 0.15) is 26.2 Å². The van der Waals surface area contributed by atoms with Crippen LogP contribution in [0.3, 0.4) is 0 Å². The first kappa shape index (κ1) is 12.8. The molecule has 2 saturated heterocycles. The topological polar surface area (TPSA) is 44.4 Å². The quantitative estimate of drug-likeness (QED) is 0.735. The average molecular weight is 239 g/mol. The molecule has 0 aromatic rings. The number of hydrogen-bond donors (Lipinski definition) is 2. The van der Waals surface area contributed by atoms with Crippen molar-refractivity contribution in [2.75, 3.05) is 33.2 Å². The number of amides is 1. The number of nitrogens with zero attached hydrogens (tertiary/aromatic N) is 1. The van der Waals surface area contributed by atoms with E-state index in [-0.39, 0.29) is 11.8 Å². The van der Waals surface area contributed by atoms with Crippen molar-refractivity contribution < 1.29 is 4.79 Å². The lowest BCUT2D eigenvalue weighted by Crippen LogP contribution is -2.52. The Morgan fingerprint density at radius 2 is 2.00 bits per heavy atom. The summed E-state index contributed by atoms with van der Waals surface area (Å²) in [6.45, 7) is 6.36. The first-order valence-electron chi connectivity index (χ1n) is 6.86. The van der Waals surface area contributed by atoms with Crippen molar-refractivity contribution in [1.29, 1.82) is 0 Å². The monoisotopic (exact) mass is 239 g/mol. The summed E-state index contributed by atoms with van der Waals surface area (Å²) < 4.78 is 0. The van der Waals surface area contributed by atoms with E-state index >= 15 is 0 Å². The van der Waals surface area contributed by atoms with E-state index in [0.29, 0.717) is 12.0 Å². The van der Waals surface area contributed by atoms with Crippen molar-refractivity contribution in [3.05, 3.63) is 0 Å². The highest BCUT2D eigenvalue weighted by molar-refractivity contribution is 5.79. The van der Waals surface area contributed by atoms with Crippen molar-refractivity contribution in [1.82, 2.24) is 15.5 Å². The summed E-state index contributed by atoms with van der Waals surface area (Å²) in [5.41, 5.74) is 0. The van der Waals surface area contributed by atoms with Gasteiger partial charge in [0.1, 0.15) is 0 Å². The molecule has 0 saturated carbocycles. The predicted octanol–water partition coefficient (Wildman–Crippen LogP) is 0.442. The molecule has 0 aromatic heterocycles. The lowest BCUT2D eigenvalue weighted by Gasteiger charge is -2.33. The molecule has 1 amide bonds. The summed E-state index contributed by atoms with van der Waals surface area (Å²) >= 11 is 0. The van der Waals surface area contributed by atoms with E-state index in [0.717, 1.165) is 39.0 Å². The third kappa shape index (κ3) is 3.42. The first-order valence-corrected chi connectivity index (χ1v) is 6.86. The minimum absolute atomic E-state index is 0.236. The van der Waals surface area contributed by atoms with E-state index in [9.17, 15) is 4.79 Å². The third-order valence-electron chi connectivity index (χ3n) is 4.24. The fourth-order valence-corrected chi connectivity index (χ4v) is 2.75. The fraction of sp³-hybridized carbons (Fsp3) is 0.923. The summed E-state index contributed by atoms with van der Waals surface area (Å²) in [6, 6.07) is 0.330. The maximum Gasteiger partial charge on any atom is 0.223 e. The summed E-state index contributed by atoms with van der Waals surface area (Å²) in [5.74, 6) is 1.12. The number of piperidine rings is 2. The van der Waals surface area contributed by atoms with Crippen LogP contribution in [-0.2, 0) is 4.79 Å². The second kappa shape index (κ2) is 5.83. The molecule has 2 fully saturated rings. The molecule has 2 aliphatic heterocycles. The molecular formula is C13H25N3O. The van der Waals surface area contributed by atoms with Crippen molar-refractivity contribution in [3.63, 3.8) is 0 Å². The van der Waals surface area contributed by atoms with E-state index in [1.165, 1.54) is 6.42 Å². The summed E-state index contributed by atoms with van der Waals surface area (Å²) in [4.78, 5) is 14.5. The van der Waals surface area contributed by atoms with Crippen molar-refractivity contribution in [2.45, 2.75) is 32.2 Å². The fourth-order valence-electron chi connectivity index (χ4n) is 2.75. The second-order valence-corrected chi connectivity index (χ2v) is 5.66. The van der Waals surface area contributed by atoms with Crippen LogP contribution >= 0.6 is 0 Å². The van der Waals surface area contributed by atoms with Crippen LogP contribution in [0.2, 0.25) is 0 Å².